The lowest BCUT2D eigenvalue weighted by molar-refractivity contribution is 0.101. The lowest BCUT2D eigenvalue weighted by Crippen LogP contribution is -2.21. The average molecular weight is 423 g/mol. The molecule has 0 bridgehead atoms. The summed E-state index contributed by atoms with van der Waals surface area (Å²) in [5.41, 5.74) is 6.95. The zero-order valence-electron chi connectivity index (χ0n) is 15.0. The van der Waals surface area contributed by atoms with Crippen LogP contribution in [0.1, 0.15) is 16.1 Å². The normalized spacial score (nSPS) is 10.7. The number of nitrogens with one attached hydrogen (secondary N) is 1. The highest BCUT2D eigenvalue weighted by Crippen LogP contribution is 2.34. The average Bonchev–Trinajstić information content (AvgIpc) is 3.13. The molecule has 7 heteroatoms. The molecule has 4 aromatic rings. The van der Waals surface area contributed by atoms with Crippen LogP contribution in [-0.2, 0) is 0 Å². The number of rotatable bonds is 5. The van der Waals surface area contributed by atoms with Gasteiger partial charge in [0.2, 0.25) is 5.78 Å². The fourth-order valence-corrected chi connectivity index (χ4v) is 3.17. The van der Waals surface area contributed by atoms with Crippen LogP contribution in [0.2, 0.25) is 5.02 Å². The molecule has 0 spiro atoms. The van der Waals surface area contributed by atoms with Gasteiger partial charge in [-0.05, 0) is 60.7 Å². The topological polar surface area (TPSA) is 77.5 Å². The van der Waals surface area contributed by atoms with Crippen LogP contribution >= 0.6 is 23.8 Å². The molecule has 0 saturated carbocycles. The number of benzene rings is 3. The first-order valence-corrected chi connectivity index (χ1v) is 9.46. The quantitative estimate of drug-likeness (QED) is 0.314. The number of carbonyl (C=O) groups is 1. The summed E-state index contributed by atoms with van der Waals surface area (Å²) in [6.07, 6.45) is 0. The van der Waals surface area contributed by atoms with E-state index in [9.17, 15) is 4.79 Å². The number of carbonyl (C=O) groups excluding carboxylic acids is 1. The molecule has 0 amide bonds. The highest BCUT2D eigenvalue weighted by Gasteiger charge is 2.23. The minimum absolute atomic E-state index is 0.0345. The number of fused-ring (bicyclic) bond motifs is 1. The van der Waals surface area contributed by atoms with Gasteiger partial charge < -0.3 is 20.2 Å². The van der Waals surface area contributed by atoms with E-state index in [1.165, 1.54) is 0 Å². The van der Waals surface area contributed by atoms with Gasteiger partial charge in [0.25, 0.3) is 0 Å². The first kappa shape index (κ1) is 19.0. The maximum Gasteiger partial charge on any atom is 0.234 e. The number of hydrogen-bond donors (Lipinski definition) is 2. The number of ketones is 1. The van der Waals surface area contributed by atoms with Crippen molar-refractivity contribution in [2.24, 2.45) is 5.73 Å². The predicted octanol–water partition coefficient (Wildman–Crippen LogP) is 5.77. The Morgan fingerprint density at radius 3 is 2.52 bits per heavy atom. The van der Waals surface area contributed by atoms with Gasteiger partial charge in [0.05, 0.1) is 11.3 Å². The number of anilines is 1. The predicted molar refractivity (Wildman–Crippen MR) is 118 cm³/mol. The molecular weight excluding hydrogens is 408 g/mol. The summed E-state index contributed by atoms with van der Waals surface area (Å²) in [6, 6.07) is 21.1. The van der Waals surface area contributed by atoms with Gasteiger partial charge in [0.1, 0.15) is 17.1 Å². The molecule has 1 heterocycles. The largest absolute Gasteiger partial charge is 0.457 e. The molecule has 0 radical (unpaired) electrons. The maximum absolute atomic E-state index is 13.4. The van der Waals surface area contributed by atoms with Crippen molar-refractivity contribution in [3.05, 3.63) is 89.1 Å². The van der Waals surface area contributed by atoms with Crippen molar-refractivity contribution in [2.75, 3.05) is 5.32 Å². The van der Waals surface area contributed by atoms with Crippen LogP contribution in [0.25, 0.3) is 11.0 Å². The van der Waals surface area contributed by atoms with Crippen molar-refractivity contribution < 1.29 is 13.9 Å². The Balaban J connectivity index is 1.80. The van der Waals surface area contributed by atoms with Crippen LogP contribution in [0.4, 0.5) is 5.69 Å². The Bertz CT molecular complexity index is 1190. The first-order valence-electron chi connectivity index (χ1n) is 8.67. The molecule has 0 aliphatic heterocycles. The molecule has 5 nitrogen and oxygen atoms in total. The van der Waals surface area contributed by atoms with Crippen molar-refractivity contribution in [1.82, 2.24) is 0 Å². The van der Waals surface area contributed by atoms with E-state index >= 15 is 0 Å². The van der Waals surface area contributed by atoms with E-state index in [4.69, 9.17) is 38.7 Å². The molecule has 144 valence electrons. The van der Waals surface area contributed by atoms with Crippen LogP contribution in [-0.4, -0.2) is 10.9 Å². The van der Waals surface area contributed by atoms with Gasteiger partial charge in [-0.15, -0.1) is 0 Å². The van der Waals surface area contributed by atoms with Crippen molar-refractivity contribution in [3.63, 3.8) is 0 Å². The second kappa shape index (κ2) is 7.95. The van der Waals surface area contributed by atoms with Crippen LogP contribution in [0.15, 0.2) is 77.2 Å². The molecule has 0 unspecified atom stereocenters. The van der Waals surface area contributed by atoms with Gasteiger partial charge in [-0.25, -0.2) is 0 Å². The maximum atomic E-state index is 13.4. The Morgan fingerprint density at radius 2 is 1.79 bits per heavy atom. The van der Waals surface area contributed by atoms with E-state index < -0.39 is 0 Å². The number of para-hydroxylation sites is 1. The van der Waals surface area contributed by atoms with E-state index in [-0.39, 0.29) is 22.2 Å². The van der Waals surface area contributed by atoms with E-state index in [1.807, 2.05) is 18.2 Å². The third-order valence-electron chi connectivity index (χ3n) is 4.20. The molecule has 1 aromatic heterocycles. The van der Waals surface area contributed by atoms with Gasteiger partial charge in [-0.2, -0.15) is 0 Å². The molecule has 0 aliphatic carbocycles. The number of ether oxygens (including phenoxy) is 1. The molecule has 0 saturated heterocycles. The molecule has 29 heavy (non-hydrogen) atoms. The minimum Gasteiger partial charge on any atom is -0.457 e. The van der Waals surface area contributed by atoms with Crippen LogP contribution in [0, 0.1) is 0 Å². The fraction of sp³-hybridized carbons (Fsp3) is 0. The van der Waals surface area contributed by atoms with Gasteiger partial charge in [-0.1, -0.05) is 35.9 Å². The van der Waals surface area contributed by atoms with Crippen LogP contribution in [0.5, 0.6) is 11.5 Å². The first-order chi connectivity index (χ1) is 14.0. The smallest absolute Gasteiger partial charge is 0.234 e. The zero-order chi connectivity index (χ0) is 20.4. The Kier molecular flexibility index (Phi) is 5.20. The Labute approximate surface area is 177 Å². The molecular formula is C22H15ClN2O3S. The van der Waals surface area contributed by atoms with Crippen LogP contribution < -0.4 is 15.8 Å². The van der Waals surface area contributed by atoms with E-state index in [2.05, 4.69) is 5.32 Å². The third kappa shape index (κ3) is 4.08. The van der Waals surface area contributed by atoms with E-state index in [0.29, 0.717) is 27.8 Å². The zero-order valence-corrected chi connectivity index (χ0v) is 16.6. The summed E-state index contributed by atoms with van der Waals surface area (Å²) < 4.78 is 11.7. The van der Waals surface area contributed by atoms with Crippen molar-refractivity contribution in [2.45, 2.75) is 0 Å². The van der Waals surface area contributed by atoms with E-state index in [0.717, 1.165) is 5.39 Å². The standard InChI is InChI=1S/C22H15ClN2O3S/c23-14-8-10-15(11-9-14)27-18-7-3-5-16(25-22(24)29)20(18)21(26)19-12-13-4-1-2-6-17(13)28-19/h1-12H,(H3,24,25,29). The van der Waals surface area contributed by atoms with Gasteiger partial charge in [0.15, 0.2) is 10.9 Å². The molecule has 0 fully saturated rings. The summed E-state index contributed by atoms with van der Waals surface area (Å²) in [6.45, 7) is 0. The number of furan rings is 1. The summed E-state index contributed by atoms with van der Waals surface area (Å²) in [4.78, 5) is 13.4. The molecule has 4 rings (SSSR count). The third-order valence-corrected chi connectivity index (χ3v) is 4.56. The van der Waals surface area contributed by atoms with Crippen molar-refractivity contribution in [3.8, 4) is 11.5 Å². The molecule has 3 aromatic carbocycles. The Hall–Kier alpha value is -3.35. The highest BCUT2D eigenvalue weighted by molar-refractivity contribution is 7.80. The molecule has 3 N–H and O–H groups in total. The minimum atomic E-state index is -0.357. The summed E-state index contributed by atoms with van der Waals surface area (Å²) in [5, 5.41) is 4.29. The fourth-order valence-electron chi connectivity index (χ4n) is 2.93. The van der Waals surface area contributed by atoms with Crippen molar-refractivity contribution in [1.29, 1.82) is 0 Å². The van der Waals surface area contributed by atoms with Gasteiger partial charge in [0, 0.05) is 10.4 Å². The monoisotopic (exact) mass is 422 g/mol. The van der Waals surface area contributed by atoms with E-state index in [1.54, 1.807) is 54.6 Å². The molecule has 0 aliphatic rings. The number of halogens is 1. The van der Waals surface area contributed by atoms with Crippen molar-refractivity contribution >= 4 is 51.4 Å². The SMILES string of the molecule is NC(=S)Nc1cccc(Oc2ccc(Cl)cc2)c1C(=O)c1cc2ccccc2o1. The number of thiocarbonyl (C=S) groups is 1. The Morgan fingerprint density at radius 1 is 1.03 bits per heavy atom. The summed E-state index contributed by atoms with van der Waals surface area (Å²) in [7, 11) is 0. The summed E-state index contributed by atoms with van der Waals surface area (Å²) >= 11 is 10.9. The lowest BCUT2D eigenvalue weighted by atomic mass is 10.0. The van der Waals surface area contributed by atoms with Gasteiger partial charge in [-0.3, -0.25) is 4.79 Å². The molecule has 0 atom stereocenters. The summed E-state index contributed by atoms with van der Waals surface area (Å²) in [5.74, 6) is 0.688. The number of nitrogens with two attached hydrogens (primary N) is 1. The highest BCUT2D eigenvalue weighted by atomic mass is 35.5. The second-order valence-corrected chi connectivity index (χ2v) is 7.08. The number of hydrogen-bond acceptors (Lipinski definition) is 4. The van der Waals surface area contributed by atoms with Gasteiger partial charge >= 0.3 is 0 Å². The lowest BCUT2D eigenvalue weighted by Gasteiger charge is -2.15. The second-order valence-electron chi connectivity index (χ2n) is 6.20. The van der Waals surface area contributed by atoms with Crippen LogP contribution in [0.3, 0.4) is 0 Å².